The van der Waals surface area contributed by atoms with E-state index in [2.05, 4.69) is 27.6 Å². The van der Waals surface area contributed by atoms with Crippen LogP contribution in [0.25, 0.3) is 22.2 Å². The highest BCUT2D eigenvalue weighted by Gasteiger charge is 2.20. The van der Waals surface area contributed by atoms with Crippen molar-refractivity contribution in [1.82, 2.24) is 15.2 Å². The second kappa shape index (κ2) is 6.89. The van der Waals surface area contributed by atoms with Crippen LogP contribution in [0.3, 0.4) is 0 Å². The van der Waals surface area contributed by atoms with E-state index >= 15 is 0 Å². The summed E-state index contributed by atoms with van der Waals surface area (Å²) >= 11 is 1.35. The van der Waals surface area contributed by atoms with Crippen LogP contribution in [0.1, 0.15) is 26.5 Å². The van der Waals surface area contributed by atoms with Gasteiger partial charge in [-0.25, -0.2) is 4.98 Å². The van der Waals surface area contributed by atoms with Crippen LogP contribution in [-0.4, -0.2) is 21.1 Å². The van der Waals surface area contributed by atoms with E-state index in [4.69, 9.17) is 4.98 Å². The number of aromatic nitrogens is 3. The molecule has 4 aromatic rings. The van der Waals surface area contributed by atoms with Crippen molar-refractivity contribution in [1.29, 1.82) is 0 Å². The van der Waals surface area contributed by atoms with Crippen molar-refractivity contribution >= 4 is 33.3 Å². The van der Waals surface area contributed by atoms with Gasteiger partial charge in [-0.1, -0.05) is 59.4 Å². The lowest BCUT2D eigenvalue weighted by Crippen LogP contribution is -2.15. The molecule has 6 heteroatoms. The normalized spacial score (nSPS) is 10.9. The minimum atomic E-state index is -0.199. The fourth-order valence-electron chi connectivity index (χ4n) is 3.10. The van der Waals surface area contributed by atoms with Crippen molar-refractivity contribution in [2.24, 2.45) is 0 Å². The molecule has 0 aliphatic heterocycles. The summed E-state index contributed by atoms with van der Waals surface area (Å²) in [7, 11) is 0. The largest absolute Gasteiger partial charge is 0.296 e. The third kappa shape index (κ3) is 3.31. The van der Waals surface area contributed by atoms with E-state index in [0.717, 1.165) is 32.7 Å². The standard InChI is InChI=1S/C21H18N4OS/c1-12-8-10-15(11-9-12)19-13(2)18(16-6-4-5-7-17(16)22-19)20(26)23-21-25-24-14(3)27-21/h4-11H,1-3H3,(H,23,25,26). The van der Waals surface area contributed by atoms with Gasteiger partial charge in [0.1, 0.15) is 5.01 Å². The average molecular weight is 374 g/mol. The molecule has 1 N–H and O–H groups in total. The molecule has 4 rings (SSSR count). The van der Waals surface area contributed by atoms with Gasteiger partial charge in [0.25, 0.3) is 5.91 Å². The van der Waals surface area contributed by atoms with Crippen LogP contribution in [0, 0.1) is 20.8 Å². The molecule has 1 amide bonds. The number of para-hydroxylation sites is 1. The molecule has 0 saturated carbocycles. The van der Waals surface area contributed by atoms with Crippen molar-refractivity contribution in [2.75, 3.05) is 5.32 Å². The molecular formula is C21H18N4OS. The summed E-state index contributed by atoms with van der Waals surface area (Å²) in [6, 6.07) is 15.9. The van der Waals surface area contributed by atoms with E-state index in [0.29, 0.717) is 10.7 Å². The zero-order valence-corrected chi connectivity index (χ0v) is 16.1. The molecular weight excluding hydrogens is 356 g/mol. The lowest BCUT2D eigenvalue weighted by Gasteiger charge is -2.14. The highest BCUT2D eigenvalue weighted by molar-refractivity contribution is 7.15. The van der Waals surface area contributed by atoms with E-state index in [1.165, 1.54) is 16.9 Å². The predicted octanol–water partition coefficient (Wildman–Crippen LogP) is 4.93. The number of aryl methyl sites for hydroxylation is 2. The number of carbonyl (C=O) groups excluding carboxylic acids is 1. The number of carbonyl (C=O) groups is 1. The van der Waals surface area contributed by atoms with Crippen LogP contribution in [0.15, 0.2) is 48.5 Å². The van der Waals surface area contributed by atoms with Crippen LogP contribution < -0.4 is 5.32 Å². The quantitative estimate of drug-likeness (QED) is 0.552. The Morgan fingerprint density at radius 2 is 1.70 bits per heavy atom. The van der Waals surface area contributed by atoms with Crippen molar-refractivity contribution in [3.8, 4) is 11.3 Å². The number of fused-ring (bicyclic) bond motifs is 1. The first-order chi connectivity index (χ1) is 13.0. The maximum Gasteiger partial charge on any atom is 0.258 e. The van der Waals surface area contributed by atoms with E-state index in [1.54, 1.807) is 0 Å². The summed E-state index contributed by atoms with van der Waals surface area (Å²) in [5, 5.41) is 13.0. The number of hydrogen-bond acceptors (Lipinski definition) is 5. The van der Waals surface area contributed by atoms with Crippen LogP contribution >= 0.6 is 11.3 Å². The van der Waals surface area contributed by atoms with Gasteiger partial charge in [-0.2, -0.15) is 0 Å². The number of nitrogens with zero attached hydrogens (tertiary/aromatic N) is 3. The van der Waals surface area contributed by atoms with Gasteiger partial charge >= 0.3 is 0 Å². The smallest absolute Gasteiger partial charge is 0.258 e. The Morgan fingerprint density at radius 3 is 2.41 bits per heavy atom. The molecule has 0 unspecified atom stereocenters. The van der Waals surface area contributed by atoms with Gasteiger partial charge in [-0.05, 0) is 32.4 Å². The number of hydrogen-bond donors (Lipinski definition) is 1. The number of rotatable bonds is 3. The molecule has 0 fully saturated rings. The first-order valence-electron chi connectivity index (χ1n) is 8.61. The van der Waals surface area contributed by atoms with E-state index < -0.39 is 0 Å². The molecule has 134 valence electrons. The zero-order valence-electron chi connectivity index (χ0n) is 15.3. The molecule has 0 saturated heterocycles. The van der Waals surface area contributed by atoms with E-state index in [-0.39, 0.29) is 5.91 Å². The molecule has 0 atom stereocenters. The first kappa shape index (κ1) is 17.3. The lowest BCUT2D eigenvalue weighted by atomic mass is 9.97. The highest BCUT2D eigenvalue weighted by Crippen LogP contribution is 2.30. The number of anilines is 1. The molecule has 0 aliphatic rings. The number of amides is 1. The number of benzene rings is 2. The summed E-state index contributed by atoms with van der Waals surface area (Å²) < 4.78 is 0. The van der Waals surface area contributed by atoms with Gasteiger partial charge in [0.05, 0.1) is 16.8 Å². The Kier molecular flexibility index (Phi) is 4.41. The third-order valence-corrected chi connectivity index (χ3v) is 5.19. The number of pyridine rings is 1. The zero-order chi connectivity index (χ0) is 19.0. The lowest BCUT2D eigenvalue weighted by molar-refractivity contribution is 0.102. The minimum absolute atomic E-state index is 0.199. The molecule has 2 aromatic carbocycles. The maximum absolute atomic E-state index is 13.1. The Hall–Kier alpha value is -3.12. The fourth-order valence-corrected chi connectivity index (χ4v) is 3.69. The topological polar surface area (TPSA) is 67.8 Å². The highest BCUT2D eigenvalue weighted by atomic mass is 32.1. The Labute approximate surface area is 161 Å². The van der Waals surface area contributed by atoms with Crippen molar-refractivity contribution < 1.29 is 4.79 Å². The Morgan fingerprint density at radius 1 is 0.963 bits per heavy atom. The summed E-state index contributed by atoms with van der Waals surface area (Å²) in [6.07, 6.45) is 0. The second-order valence-corrected chi connectivity index (χ2v) is 7.61. The fraction of sp³-hybridized carbons (Fsp3) is 0.143. The Balaban J connectivity index is 1.88. The predicted molar refractivity (Wildman–Crippen MR) is 109 cm³/mol. The molecule has 2 heterocycles. The second-order valence-electron chi connectivity index (χ2n) is 6.42. The monoisotopic (exact) mass is 374 g/mol. The van der Waals surface area contributed by atoms with Gasteiger partial charge in [-0.3, -0.25) is 10.1 Å². The van der Waals surface area contributed by atoms with Crippen LogP contribution in [0.4, 0.5) is 5.13 Å². The van der Waals surface area contributed by atoms with Crippen LogP contribution in [0.2, 0.25) is 0 Å². The minimum Gasteiger partial charge on any atom is -0.296 e. The molecule has 27 heavy (non-hydrogen) atoms. The summed E-state index contributed by atoms with van der Waals surface area (Å²) in [5.41, 5.74) is 5.23. The molecule has 0 radical (unpaired) electrons. The van der Waals surface area contributed by atoms with Crippen molar-refractivity contribution in [3.05, 3.63) is 70.2 Å². The van der Waals surface area contributed by atoms with Crippen LogP contribution in [-0.2, 0) is 0 Å². The molecule has 5 nitrogen and oxygen atoms in total. The van der Waals surface area contributed by atoms with E-state index in [1.807, 2.05) is 57.2 Å². The number of nitrogens with one attached hydrogen (secondary N) is 1. The van der Waals surface area contributed by atoms with Gasteiger partial charge < -0.3 is 0 Å². The molecule has 0 aliphatic carbocycles. The SMILES string of the molecule is Cc1ccc(-c2nc3ccccc3c(C(=O)Nc3nnc(C)s3)c2C)cc1. The first-order valence-corrected chi connectivity index (χ1v) is 9.42. The maximum atomic E-state index is 13.1. The third-order valence-electron chi connectivity index (χ3n) is 4.43. The summed E-state index contributed by atoms with van der Waals surface area (Å²) in [6.45, 7) is 5.85. The van der Waals surface area contributed by atoms with Gasteiger partial charge in [-0.15, -0.1) is 10.2 Å². The van der Waals surface area contributed by atoms with Crippen molar-refractivity contribution in [3.63, 3.8) is 0 Å². The van der Waals surface area contributed by atoms with Gasteiger partial charge in [0, 0.05) is 10.9 Å². The molecule has 2 aromatic heterocycles. The van der Waals surface area contributed by atoms with Gasteiger partial charge in [0.15, 0.2) is 0 Å². The Bertz CT molecular complexity index is 1150. The van der Waals surface area contributed by atoms with Crippen LogP contribution in [0.5, 0.6) is 0 Å². The van der Waals surface area contributed by atoms with Gasteiger partial charge in [0.2, 0.25) is 5.13 Å². The molecule has 0 spiro atoms. The summed E-state index contributed by atoms with van der Waals surface area (Å²) in [4.78, 5) is 17.9. The summed E-state index contributed by atoms with van der Waals surface area (Å²) in [5.74, 6) is -0.199. The van der Waals surface area contributed by atoms with Crippen molar-refractivity contribution in [2.45, 2.75) is 20.8 Å². The molecule has 0 bridgehead atoms. The van der Waals surface area contributed by atoms with E-state index in [9.17, 15) is 4.79 Å². The average Bonchev–Trinajstić information content (AvgIpc) is 3.06.